The first-order valence-corrected chi connectivity index (χ1v) is 6.05. The molecule has 2 N–H and O–H groups in total. The Bertz CT molecular complexity index is 540. The maximum Gasteiger partial charge on any atom is 0.145 e. The lowest BCUT2D eigenvalue weighted by Crippen LogP contribution is -1.96. The molecule has 0 saturated carbocycles. The summed E-state index contributed by atoms with van der Waals surface area (Å²) in [6.45, 7) is 0. The minimum absolute atomic E-state index is 0.542. The van der Waals surface area contributed by atoms with Crippen LogP contribution < -0.4 is 10.5 Å². The topological polar surface area (TPSA) is 48.1 Å². The molecule has 1 aromatic heterocycles. The fraction of sp³-hybridized carbons (Fsp3) is 0.0833. The lowest BCUT2D eigenvalue weighted by atomic mass is 10.1. The van der Waals surface area contributed by atoms with Gasteiger partial charge in [0.2, 0.25) is 0 Å². The number of hydrogen-bond acceptors (Lipinski definition) is 3. The molecule has 0 spiro atoms. The summed E-state index contributed by atoms with van der Waals surface area (Å²) in [6, 6.07) is 7.24. The smallest absolute Gasteiger partial charge is 0.145 e. The Morgan fingerprint density at radius 2 is 2.12 bits per heavy atom. The number of nitrogens with zero attached hydrogens (tertiary/aromatic N) is 1. The van der Waals surface area contributed by atoms with E-state index in [4.69, 9.17) is 22.1 Å². The van der Waals surface area contributed by atoms with Crippen LogP contribution in [0.5, 0.6) is 5.75 Å². The molecule has 2 rings (SSSR count). The van der Waals surface area contributed by atoms with Gasteiger partial charge in [0.15, 0.2) is 0 Å². The third kappa shape index (κ3) is 2.23. The minimum Gasteiger partial charge on any atom is -0.495 e. The molecule has 0 aliphatic heterocycles. The number of para-hydroxylation sites is 1. The molecular formula is C12H10BrClN2O. The first-order valence-electron chi connectivity index (χ1n) is 4.88. The summed E-state index contributed by atoms with van der Waals surface area (Å²) in [4.78, 5) is 4.16. The average Bonchev–Trinajstić information content (AvgIpc) is 2.29. The highest BCUT2D eigenvalue weighted by Gasteiger charge is 2.15. The van der Waals surface area contributed by atoms with Crippen LogP contribution in [-0.4, -0.2) is 12.1 Å². The number of rotatable bonds is 2. The van der Waals surface area contributed by atoms with E-state index in [2.05, 4.69) is 20.9 Å². The van der Waals surface area contributed by atoms with Gasteiger partial charge in [0.05, 0.1) is 12.1 Å². The Hall–Kier alpha value is -1.26. The summed E-state index contributed by atoms with van der Waals surface area (Å²) in [7, 11) is 1.57. The molecular weight excluding hydrogens is 304 g/mol. The predicted octanol–water partition coefficient (Wildman–Crippen LogP) is 3.76. The predicted molar refractivity (Wildman–Crippen MR) is 73.3 cm³/mol. The molecule has 0 radical (unpaired) electrons. The zero-order valence-corrected chi connectivity index (χ0v) is 11.4. The molecule has 0 unspecified atom stereocenters. The van der Waals surface area contributed by atoms with E-state index in [9.17, 15) is 0 Å². The SMILES string of the molecule is COc1c(Cl)cccc1-c1c(N)ccnc1Br. The second kappa shape index (κ2) is 4.94. The van der Waals surface area contributed by atoms with E-state index in [-0.39, 0.29) is 0 Å². The zero-order valence-electron chi connectivity index (χ0n) is 9.08. The summed E-state index contributed by atoms with van der Waals surface area (Å²) in [5.74, 6) is 0.592. The van der Waals surface area contributed by atoms with Crippen molar-refractivity contribution in [2.24, 2.45) is 0 Å². The van der Waals surface area contributed by atoms with Crippen LogP contribution in [0.4, 0.5) is 5.69 Å². The van der Waals surface area contributed by atoms with E-state index in [0.29, 0.717) is 21.1 Å². The van der Waals surface area contributed by atoms with Crippen molar-refractivity contribution in [3.8, 4) is 16.9 Å². The number of pyridine rings is 1. The van der Waals surface area contributed by atoms with E-state index < -0.39 is 0 Å². The van der Waals surface area contributed by atoms with Crippen molar-refractivity contribution < 1.29 is 4.74 Å². The monoisotopic (exact) mass is 312 g/mol. The van der Waals surface area contributed by atoms with Crippen LogP contribution in [0.1, 0.15) is 0 Å². The maximum absolute atomic E-state index is 6.08. The minimum atomic E-state index is 0.542. The van der Waals surface area contributed by atoms with Gasteiger partial charge >= 0.3 is 0 Å². The highest BCUT2D eigenvalue weighted by molar-refractivity contribution is 9.10. The van der Waals surface area contributed by atoms with E-state index in [1.807, 2.05) is 12.1 Å². The number of nitrogens with two attached hydrogens (primary N) is 1. The summed E-state index contributed by atoms with van der Waals surface area (Å²) < 4.78 is 5.97. The van der Waals surface area contributed by atoms with E-state index >= 15 is 0 Å². The van der Waals surface area contributed by atoms with Gasteiger partial charge < -0.3 is 10.5 Å². The number of methoxy groups -OCH3 is 1. The van der Waals surface area contributed by atoms with Crippen LogP contribution in [0.3, 0.4) is 0 Å². The van der Waals surface area contributed by atoms with Crippen molar-refractivity contribution in [1.29, 1.82) is 0 Å². The Morgan fingerprint density at radius 1 is 1.35 bits per heavy atom. The van der Waals surface area contributed by atoms with Gasteiger partial charge in [0.1, 0.15) is 10.4 Å². The first kappa shape index (κ1) is 12.2. The Labute approximate surface area is 113 Å². The van der Waals surface area contributed by atoms with Gasteiger partial charge in [-0.15, -0.1) is 0 Å². The maximum atomic E-state index is 6.08. The van der Waals surface area contributed by atoms with Crippen molar-refractivity contribution >= 4 is 33.2 Å². The third-order valence-electron chi connectivity index (χ3n) is 2.38. The molecule has 0 fully saturated rings. The van der Waals surface area contributed by atoms with Crippen LogP contribution in [0.15, 0.2) is 35.1 Å². The second-order valence-corrected chi connectivity index (χ2v) is 4.54. The Balaban J connectivity index is 2.73. The molecule has 0 bridgehead atoms. The molecule has 88 valence electrons. The summed E-state index contributed by atoms with van der Waals surface area (Å²) in [5, 5.41) is 0.542. The lowest BCUT2D eigenvalue weighted by molar-refractivity contribution is 0.416. The average molecular weight is 314 g/mol. The number of halogens is 2. The van der Waals surface area contributed by atoms with Crippen LogP contribution >= 0.6 is 27.5 Å². The summed E-state index contributed by atoms with van der Waals surface area (Å²) in [5.41, 5.74) is 8.18. The van der Waals surface area contributed by atoms with Crippen molar-refractivity contribution in [1.82, 2.24) is 4.98 Å². The van der Waals surface area contributed by atoms with E-state index in [1.165, 1.54) is 0 Å². The van der Waals surface area contributed by atoms with Crippen LogP contribution in [0.25, 0.3) is 11.1 Å². The molecule has 1 heterocycles. The fourth-order valence-corrected chi connectivity index (χ4v) is 2.44. The van der Waals surface area contributed by atoms with Gasteiger partial charge in [-0.1, -0.05) is 23.7 Å². The first-order chi connectivity index (χ1) is 8.15. The van der Waals surface area contributed by atoms with Gasteiger partial charge in [-0.2, -0.15) is 0 Å². The quantitative estimate of drug-likeness (QED) is 0.859. The largest absolute Gasteiger partial charge is 0.495 e. The van der Waals surface area contributed by atoms with Crippen LogP contribution in [-0.2, 0) is 0 Å². The van der Waals surface area contributed by atoms with Gasteiger partial charge in [-0.3, -0.25) is 0 Å². The second-order valence-electron chi connectivity index (χ2n) is 3.39. The molecule has 2 aromatic rings. The molecule has 5 heteroatoms. The van der Waals surface area contributed by atoms with E-state index in [0.717, 1.165) is 11.1 Å². The number of anilines is 1. The van der Waals surface area contributed by atoms with Gasteiger partial charge in [-0.25, -0.2) is 4.98 Å². The van der Waals surface area contributed by atoms with Gasteiger partial charge in [0, 0.05) is 23.0 Å². The molecule has 0 aliphatic carbocycles. The highest BCUT2D eigenvalue weighted by Crippen LogP contribution is 2.41. The number of nitrogen functional groups attached to an aromatic ring is 1. The van der Waals surface area contributed by atoms with Gasteiger partial charge in [0.25, 0.3) is 0 Å². The van der Waals surface area contributed by atoms with Crippen LogP contribution in [0, 0.1) is 0 Å². The van der Waals surface area contributed by atoms with Gasteiger partial charge in [-0.05, 0) is 28.1 Å². The normalized spacial score (nSPS) is 10.3. The molecule has 1 aromatic carbocycles. The van der Waals surface area contributed by atoms with E-state index in [1.54, 1.807) is 25.4 Å². The Kier molecular flexibility index (Phi) is 3.54. The van der Waals surface area contributed by atoms with Crippen LogP contribution in [0.2, 0.25) is 5.02 Å². The van der Waals surface area contributed by atoms with Crippen molar-refractivity contribution in [2.45, 2.75) is 0 Å². The summed E-state index contributed by atoms with van der Waals surface area (Å²) in [6.07, 6.45) is 1.64. The molecule has 0 aliphatic rings. The molecule has 3 nitrogen and oxygen atoms in total. The number of ether oxygens (including phenoxy) is 1. The van der Waals surface area contributed by atoms with Crippen molar-refractivity contribution in [3.05, 3.63) is 40.1 Å². The highest BCUT2D eigenvalue weighted by atomic mass is 79.9. The molecule has 17 heavy (non-hydrogen) atoms. The summed E-state index contributed by atoms with van der Waals surface area (Å²) >= 11 is 9.46. The third-order valence-corrected chi connectivity index (χ3v) is 3.28. The van der Waals surface area contributed by atoms with Crippen molar-refractivity contribution in [3.63, 3.8) is 0 Å². The molecule has 0 atom stereocenters. The Morgan fingerprint density at radius 3 is 2.76 bits per heavy atom. The fourth-order valence-electron chi connectivity index (χ4n) is 1.63. The lowest BCUT2D eigenvalue weighted by Gasteiger charge is -2.13. The van der Waals surface area contributed by atoms with Crippen molar-refractivity contribution in [2.75, 3.05) is 12.8 Å². The number of benzene rings is 1. The molecule has 0 amide bonds. The standard InChI is InChI=1S/C12H10BrClN2O/c1-17-11-7(3-2-4-8(11)14)10-9(15)5-6-16-12(10)13/h2-6H,1H3,(H2,15,16). The molecule has 0 saturated heterocycles. The zero-order chi connectivity index (χ0) is 12.4. The number of aromatic nitrogens is 1. The number of hydrogen-bond donors (Lipinski definition) is 1.